The van der Waals surface area contributed by atoms with E-state index in [9.17, 15) is 4.79 Å². The standard InChI is InChI=1S/C14H20N2O2/c1-10-2-4-13(5-3-10)16-8-11(7-14(17)18)6-12(15)9-16/h2-5,11-12H,6-9,15H2,1H3,(H,17,18). The summed E-state index contributed by atoms with van der Waals surface area (Å²) in [5.74, 6) is -0.592. The molecule has 4 heteroatoms. The Morgan fingerprint density at radius 3 is 2.67 bits per heavy atom. The minimum Gasteiger partial charge on any atom is -0.481 e. The Labute approximate surface area is 107 Å². The Balaban J connectivity index is 2.08. The normalized spacial score (nSPS) is 24.0. The summed E-state index contributed by atoms with van der Waals surface area (Å²) in [5, 5.41) is 8.89. The number of aryl methyl sites for hydroxylation is 1. The van der Waals surface area contributed by atoms with Gasteiger partial charge in [-0.05, 0) is 31.4 Å². The van der Waals surface area contributed by atoms with Crippen LogP contribution in [0.2, 0.25) is 0 Å². The number of aliphatic carboxylic acids is 1. The molecule has 0 bridgehead atoms. The number of carboxylic acid groups (broad SMARTS) is 1. The summed E-state index contributed by atoms with van der Waals surface area (Å²) in [5.41, 5.74) is 8.38. The van der Waals surface area contributed by atoms with E-state index < -0.39 is 5.97 Å². The Hall–Kier alpha value is -1.55. The van der Waals surface area contributed by atoms with Crippen molar-refractivity contribution < 1.29 is 9.90 Å². The number of hydrogen-bond acceptors (Lipinski definition) is 3. The van der Waals surface area contributed by atoms with Gasteiger partial charge in [0.05, 0.1) is 0 Å². The third kappa shape index (κ3) is 3.23. The van der Waals surface area contributed by atoms with Crippen LogP contribution in [0.5, 0.6) is 0 Å². The van der Waals surface area contributed by atoms with Gasteiger partial charge in [-0.2, -0.15) is 0 Å². The Morgan fingerprint density at radius 2 is 2.06 bits per heavy atom. The summed E-state index contributed by atoms with van der Waals surface area (Å²) in [6.07, 6.45) is 1.00. The average Bonchev–Trinajstić information content (AvgIpc) is 2.28. The van der Waals surface area contributed by atoms with Gasteiger partial charge >= 0.3 is 5.97 Å². The largest absolute Gasteiger partial charge is 0.481 e. The van der Waals surface area contributed by atoms with E-state index >= 15 is 0 Å². The Kier molecular flexibility index (Phi) is 3.87. The predicted molar refractivity (Wildman–Crippen MR) is 71.7 cm³/mol. The van der Waals surface area contributed by atoms with Crippen molar-refractivity contribution in [1.29, 1.82) is 0 Å². The molecule has 1 heterocycles. The van der Waals surface area contributed by atoms with Crippen molar-refractivity contribution in [2.75, 3.05) is 18.0 Å². The van der Waals surface area contributed by atoms with Gasteiger partial charge in [-0.1, -0.05) is 17.7 Å². The number of carboxylic acids is 1. The highest BCUT2D eigenvalue weighted by Crippen LogP contribution is 2.24. The van der Waals surface area contributed by atoms with Gasteiger partial charge in [-0.25, -0.2) is 0 Å². The van der Waals surface area contributed by atoms with Crippen molar-refractivity contribution in [3.63, 3.8) is 0 Å². The molecule has 0 amide bonds. The summed E-state index contributed by atoms with van der Waals surface area (Å²) >= 11 is 0. The molecule has 18 heavy (non-hydrogen) atoms. The summed E-state index contributed by atoms with van der Waals surface area (Å²) in [6.45, 7) is 3.64. The lowest BCUT2D eigenvalue weighted by Gasteiger charge is -2.37. The Bertz CT molecular complexity index is 416. The zero-order chi connectivity index (χ0) is 13.1. The second-order valence-electron chi connectivity index (χ2n) is 5.20. The third-order valence-electron chi connectivity index (χ3n) is 3.43. The maximum Gasteiger partial charge on any atom is 0.303 e. The number of hydrogen-bond donors (Lipinski definition) is 2. The molecular formula is C14H20N2O2. The lowest BCUT2D eigenvalue weighted by atomic mass is 9.91. The highest BCUT2D eigenvalue weighted by Gasteiger charge is 2.26. The number of nitrogens with two attached hydrogens (primary N) is 1. The van der Waals surface area contributed by atoms with Gasteiger partial charge in [0, 0.05) is 31.2 Å². The summed E-state index contributed by atoms with van der Waals surface area (Å²) in [6, 6.07) is 8.35. The van der Waals surface area contributed by atoms with E-state index in [2.05, 4.69) is 36.1 Å². The van der Waals surface area contributed by atoms with E-state index in [4.69, 9.17) is 10.8 Å². The summed E-state index contributed by atoms with van der Waals surface area (Å²) in [7, 11) is 0. The van der Waals surface area contributed by atoms with E-state index in [-0.39, 0.29) is 18.4 Å². The van der Waals surface area contributed by atoms with Crippen LogP contribution in [0.4, 0.5) is 5.69 Å². The van der Waals surface area contributed by atoms with Gasteiger partial charge in [0.1, 0.15) is 0 Å². The van der Waals surface area contributed by atoms with Gasteiger partial charge in [-0.3, -0.25) is 4.79 Å². The molecule has 0 saturated carbocycles. The van der Waals surface area contributed by atoms with E-state index in [0.29, 0.717) is 0 Å². The quantitative estimate of drug-likeness (QED) is 0.853. The van der Waals surface area contributed by atoms with E-state index in [1.54, 1.807) is 0 Å². The van der Waals surface area contributed by atoms with Crippen LogP contribution in [0, 0.1) is 12.8 Å². The number of rotatable bonds is 3. The van der Waals surface area contributed by atoms with Crippen molar-refractivity contribution in [2.45, 2.75) is 25.8 Å². The van der Waals surface area contributed by atoms with Crippen molar-refractivity contribution in [1.82, 2.24) is 0 Å². The van der Waals surface area contributed by atoms with E-state index in [1.165, 1.54) is 5.56 Å². The lowest BCUT2D eigenvalue weighted by molar-refractivity contribution is -0.138. The van der Waals surface area contributed by atoms with Crippen molar-refractivity contribution in [3.8, 4) is 0 Å². The van der Waals surface area contributed by atoms with Crippen LogP contribution in [0.3, 0.4) is 0 Å². The first-order valence-corrected chi connectivity index (χ1v) is 6.33. The second kappa shape index (κ2) is 5.40. The first kappa shape index (κ1) is 12.9. The molecule has 1 aromatic carbocycles. The van der Waals surface area contributed by atoms with Gasteiger partial charge < -0.3 is 15.7 Å². The van der Waals surface area contributed by atoms with Gasteiger partial charge in [0.25, 0.3) is 0 Å². The fourth-order valence-electron chi connectivity index (χ4n) is 2.61. The fraction of sp³-hybridized carbons (Fsp3) is 0.500. The molecule has 0 spiro atoms. The van der Waals surface area contributed by atoms with Crippen LogP contribution < -0.4 is 10.6 Å². The molecule has 0 aromatic heterocycles. The maximum atomic E-state index is 10.8. The smallest absolute Gasteiger partial charge is 0.303 e. The SMILES string of the molecule is Cc1ccc(N2CC(N)CC(CC(=O)O)C2)cc1. The zero-order valence-corrected chi connectivity index (χ0v) is 10.7. The highest BCUT2D eigenvalue weighted by molar-refractivity contribution is 5.67. The minimum atomic E-state index is -0.738. The molecular weight excluding hydrogens is 228 g/mol. The molecule has 1 aliphatic rings. The monoisotopic (exact) mass is 248 g/mol. The molecule has 2 atom stereocenters. The molecule has 4 nitrogen and oxygen atoms in total. The molecule has 0 aliphatic carbocycles. The molecule has 1 saturated heterocycles. The minimum absolute atomic E-state index is 0.0596. The van der Waals surface area contributed by atoms with Crippen LogP contribution in [-0.2, 0) is 4.79 Å². The topological polar surface area (TPSA) is 66.6 Å². The third-order valence-corrected chi connectivity index (χ3v) is 3.43. The molecule has 2 unspecified atom stereocenters. The Morgan fingerprint density at radius 1 is 1.39 bits per heavy atom. The van der Waals surface area contributed by atoms with Gasteiger partial charge in [-0.15, -0.1) is 0 Å². The average molecular weight is 248 g/mol. The molecule has 1 aliphatic heterocycles. The predicted octanol–water partition coefficient (Wildman–Crippen LogP) is 1.62. The molecule has 98 valence electrons. The van der Waals surface area contributed by atoms with Crippen molar-refractivity contribution >= 4 is 11.7 Å². The van der Waals surface area contributed by atoms with Crippen molar-refractivity contribution in [3.05, 3.63) is 29.8 Å². The first-order chi connectivity index (χ1) is 8.54. The summed E-state index contributed by atoms with van der Waals surface area (Å²) < 4.78 is 0. The van der Waals surface area contributed by atoms with E-state index in [1.807, 2.05) is 0 Å². The maximum absolute atomic E-state index is 10.8. The zero-order valence-electron chi connectivity index (χ0n) is 10.7. The fourth-order valence-corrected chi connectivity index (χ4v) is 2.61. The first-order valence-electron chi connectivity index (χ1n) is 6.33. The second-order valence-corrected chi connectivity index (χ2v) is 5.20. The number of anilines is 1. The highest BCUT2D eigenvalue weighted by atomic mass is 16.4. The van der Waals surface area contributed by atoms with Crippen molar-refractivity contribution in [2.24, 2.45) is 11.7 Å². The molecule has 3 N–H and O–H groups in total. The summed E-state index contributed by atoms with van der Waals surface area (Å²) in [4.78, 5) is 13.0. The lowest BCUT2D eigenvalue weighted by Crippen LogP contribution is -2.47. The van der Waals surface area contributed by atoms with Gasteiger partial charge in [0.2, 0.25) is 0 Å². The van der Waals surface area contributed by atoms with Crippen LogP contribution >= 0.6 is 0 Å². The van der Waals surface area contributed by atoms with E-state index in [0.717, 1.165) is 25.2 Å². The molecule has 0 radical (unpaired) electrons. The number of benzene rings is 1. The van der Waals surface area contributed by atoms with Crippen LogP contribution in [-0.4, -0.2) is 30.2 Å². The molecule has 1 fully saturated rings. The number of nitrogens with zero attached hydrogens (tertiary/aromatic N) is 1. The van der Waals surface area contributed by atoms with Crippen LogP contribution in [0.25, 0.3) is 0 Å². The molecule has 1 aromatic rings. The number of carbonyl (C=O) groups is 1. The molecule has 2 rings (SSSR count). The van der Waals surface area contributed by atoms with Crippen LogP contribution in [0.1, 0.15) is 18.4 Å². The number of piperidine rings is 1. The van der Waals surface area contributed by atoms with Gasteiger partial charge in [0.15, 0.2) is 0 Å². The van der Waals surface area contributed by atoms with Crippen LogP contribution in [0.15, 0.2) is 24.3 Å².